The first-order chi connectivity index (χ1) is 9.52. The summed E-state index contributed by atoms with van der Waals surface area (Å²) in [5.74, 6) is -0.260. The topological polar surface area (TPSA) is 29.5 Å². The van der Waals surface area contributed by atoms with Gasteiger partial charge in [-0.2, -0.15) is 0 Å². The largest absolute Gasteiger partial charge is 0.494 e. The molecule has 0 unspecified atom stereocenters. The fourth-order valence-corrected chi connectivity index (χ4v) is 2.84. The fourth-order valence-electron chi connectivity index (χ4n) is 1.92. The van der Waals surface area contributed by atoms with Gasteiger partial charge in [-0.3, -0.25) is 4.79 Å². The Morgan fingerprint density at radius 2 is 2.15 bits per heavy atom. The highest BCUT2D eigenvalue weighted by molar-refractivity contribution is 7.12. The third kappa shape index (κ3) is 2.99. The average molecular weight is 293 g/mol. The van der Waals surface area contributed by atoms with E-state index >= 15 is 0 Å². The van der Waals surface area contributed by atoms with E-state index in [2.05, 4.69) is 0 Å². The Bertz CT molecular complexity index is 624. The van der Waals surface area contributed by atoms with Gasteiger partial charge in [-0.25, -0.2) is 4.39 Å². The molecule has 3 nitrogen and oxygen atoms in total. The predicted molar refractivity (Wildman–Crippen MR) is 77.8 cm³/mol. The van der Waals surface area contributed by atoms with Crippen molar-refractivity contribution in [1.82, 2.24) is 4.90 Å². The van der Waals surface area contributed by atoms with Gasteiger partial charge >= 0.3 is 0 Å². The average Bonchev–Trinajstić information content (AvgIpc) is 2.84. The maximum Gasteiger partial charge on any atom is 0.264 e. The number of thiophene rings is 1. The molecule has 0 aliphatic heterocycles. The van der Waals surface area contributed by atoms with E-state index in [1.807, 2.05) is 18.4 Å². The number of aryl methyl sites for hydroxylation is 1. The maximum atomic E-state index is 13.6. The van der Waals surface area contributed by atoms with Gasteiger partial charge in [0.1, 0.15) is 0 Å². The minimum absolute atomic E-state index is 0.0475. The minimum Gasteiger partial charge on any atom is -0.494 e. The summed E-state index contributed by atoms with van der Waals surface area (Å²) in [6.45, 7) is 2.27. The van der Waals surface area contributed by atoms with E-state index in [-0.39, 0.29) is 11.7 Å². The number of nitrogens with zero attached hydrogens (tertiary/aromatic N) is 1. The molecule has 1 amide bonds. The van der Waals surface area contributed by atoms with Crippen LogP contribution < -0.4 is 4.74 Å². The molecule has 20 heavy (non-hydrogen) atoms. The summed E-state index contributed by atoms with van der Waals surface area (Å²) < 4.78 is 18.5. The Hall–Kier alpha value is -1.88. The van der Waals surface area contributed by atoms with Crippen LogP contribution in [0.15, 0.2) is 29.6 Å². The first kappa shape index (κ1) is 14.5. The van der Waals surface area contributed by atoms with Gasteiger partial charge in [-0.1, -0.05) is 6.07 Å². The second kappa shape index (κ2) is 6.05. The summed E-state index contributed by atoms with van der Waals surface area (Å²) in [6, 6.07) is 6.63. The lowest BCUT2D eigenvalue weighted by Crippen LogP contribution is -2.26. The molecular weight excluding hydrogens is 277 g/mol. The van der Waals surface area contributed by atoms with Crippen LogP contribution in [0.3, 0.4) is 0 Å². The van der Waals surface area contributed by atoms with Crippen molar-refractivity contribution >= 4 is 17.2 Å². The number of amides is 1. The maximum absolute atomic E-state index is 13.6. The normalized spacial score (nSPS) is 10.4. The van der Waals surface area contributed by atoms with Crippen molar-refractivity contribution < 1.29 is 13.9 Å². The number of carbonyl (C=O) groups is 1. The third-order valence-electron chi connectivity index (χ3n) is 3.04. The van der Waals surface area contributed by atoms with Crippen LogP contribution in [0.5, 0.6) is 5.75 Å². The van der Waals surface area contributed by atoms with Crippen LogP contribution >= 0.6 is 11.3 Å². The third-order valence-corrected chi connectivity index (χ3v) is 4.04. The highest BCUT2D eigenvalue weighted by Gasteiger charge is 2.16. The van der Waals surface area contributed by atoms with Gasteiger partial charge in [0, 0.05) is 13.6 Å². The Morgan fingerprint density at radius 3 is 2.70 bits per heavy atom. The monoisotopic (exact) mass is 293 g/mol. The molecule has 5 heteroatoms. The molecule has 0 spiro atoms. The molecule has 0 aliphatic carbocycles. The Balaban J connectivity index is 2.12. The van der Waals surface area contributed by atoms with Gasteiger partial charge in [0.2, 0.25) is 0 Å². The number of ether oxygens (including phenoxy) is 1. The van der Waals surface area contributed by atoms with Crippen molar-refractivity contribution in [3.8, 4) is 5.75 Å². The number of benzene rings is 1. The van der Waals surface area contributed by atoms with Crippen molar-refractivity contribution in [3.63, 3.8) is 0 Å². The molecule has 0 bridgehead atoms. The summed E-state index contributed by atoms with van der Waals surface area (Å²) >= 11 is 1.42. The second-order valence-electron chi connectivity index (χ2n) is 4.56. The smallest absolute Gasteiger partial charge is 0.264 e. The van der Waals surface area contributed by atoms with Crippen LogP contribution in [0.2, 0.25) is 0 Å². The molecule has 0 N–H and O–H groups in total. The summed E-state index contributed by atoms with van der Waals surface area (Å²) in [7, 11) is 3.14. The predicted octanol–water partition coefficient (Wildman–Crippen LogP) is 3.48. The molecule has 1 heterocycles. The van der Waals surface area contributed by atoms with Crippen molar-refractivity contribution in [2.45, 2.75) is 13.5 Å². The molecule has 0 atom stereocenters. The molecule has 2 rings (SSSR count). The van der Waals surface area contributed by atoms with Gasteiger partial charge in [0.25, 0.3) is 5.91 Å². The summed E-state index contributed by atoms with van der Waals surface area (Å²) in [4.78, 5) is 14.6. The van der Waals surface area contributed by atoms with Crippen LogP contribution in [-0.2, 0) is 6.54 Å². The zero-order valence-corrected chi connectivity index (χ0v) is 12.5. The molecule has 106 valence electrons. The number of hydrogen-bond acceptors (Lipinski definition) is 3. The molecule has 1 aromatic carbocycles. The quantitative estimate of drug-likeness (QED) is 0.864. The molecule has 0 fully saturated rings. The van der Waals surface area contributed by atoms with E-state index in [0.29, 0.717) is 6.54 Å². The summed E-state index contributed by atoms with van der Waals surface area (Å²) in [5, 5.41) is 1.89. The minimum atomic E-state index is -0.418. The summed E-state index contributed by atoms with van der Waals surface area (Å²) in [6.07, 6.45) is 0. The van der Waals surface area contributed by atoms with E-state index < -0.39 is 5.82 Å². The molecule has 1 aromatic heterocycles. The van der Waals surface area contributed by atoms with Gasteiger partial charge in [0.15, 0.2) is 11.6 Å². The van der Waals surface area contributed by atoms with E-state index in [4.69, 9.17) is 4.74 Å². The zero-order chi connectivity index (χ0) is 14.7. The molecule has 0 radical (unpaired) electrons. The van der Waals surface area contributed by atoms with E-state index in [0.717, 1.165) is 16.0 Å². The van der Waals surface area contributed by atoms with Gasteiger partial charge < -0.3 is 9.64 Å². The molecule has 2 aromatic rings. The van der Waals surface area contributed by atoms with Crippen LogP contribution in [0.25, 0.3) is 0 Å². The van der Waals surface area contributed by atoms with Crippen molar-refractivity contribution in [3.05, 3.63) is 51.5 Å². The van der Waals surface area contributed by atoms with E-state index in [9.17, 15) is 9.18 Å². The Morgan fingerprint density at radius 1 is 1.40 bits per heavy atom. The molecule has 0 saturated heterocycles. The van der Waals surface area contributed by atoms with Crippen molar-refractivity contribution in [1.29, 1.82) is 0 Å². The van der Waals surface area contributed by atoms with Gasteiger partial charge in [-0.15, -0.1) is 11.3 Å². The zero-order valence-electron chi connectivity index (χ0n) is 11.6. The molecule has 0 saturated carbocycles. The van der Waals surface area contributed by atoms with Crippen LogP contribution in [0, 0.1) is 12.7 Å². The molecule has 0 aliphatic rings. The van der Waals surface area contributed by atoms with Crippen LogP contribution in [-0.4, -0.2) is 25.0 Å². The highest BCUT2D eigenvalue weighted by atomic mass is 32.1. The lowest BCUT2D eigenvalue weighted by molar-refractivity contribution is 0.0789. The number of halogens is 1. The fraction of sp³-hybridized carbons (Fsp3) is 0.267. The van der Waals surface area contributed by atoms with E-state index in [1.54, 1.807) is 24.1 Å². The standard InChI is InChI=1S/C15H16FNO2S/c1-10-6-7-20-14(10)15(18)17(2)9-11-4-5-13(19-3)12(16)8-11/h4-8H,9H2,1-3H3. The van der Waals surface area contributed by atoms with Crippen molar-refractivity contribution in [2.75, 3.05) is 14.2 Å². The first-order valence-corrected chi connectivity index (χ1v) is 7.03. The number of hydrogen-bond donors (Lipinski definition) is 0. The second-order valence-corrected chi connectivity index (χ2v) is 5.48. The lowest BCUT2D eigenvalue weighted by atomic mass is 10.2. The summed E-state index contributed by atoms with van der Waals surface area (Å²) in [5.41, 5.74) is 1.70. The molecular formula is C15H16FNO2S. The highest BCUT2D eigenvalue weighted by Crippen LogP contribution is 2.21. The van der Waals surface area contributed by atoms with Crippen LogP contribution in [0.4, 0.5) is 4.39 Å². The SMILES string of the molecule is COc1ccc(CN(C)C(=O)c2sccc2C)cc1F. The Labute approximate surface area is 121 Å². The number of rotatable bonds is 4. The van der Waals surface area contributed by atoms with Crippen LogP contribution in [0.1, 0.15) is 20.8 Å². The van der Waals surface area contributed by atoms with E-state index in [1.165, 1.54) is 24.5 Å². The van der Waals surface area contributed by atoms with Gasteiger partial charge in [-0.05, 0) is 41.6 Å². The lowest BCUT2D eigenvalue weighted by Gasteiger charge is -2.17. The van der Waals surface area contributed by atoms with Gasteiger partial charge in [0.05, 0.1) is 12.0 Å². The Kier molecular flexibility index (Phi) is 4.39. The van der Waals surface area contributed by atoms with Crippen molar-refractivity contribution in [2.24, 2.45) is 0 Å². The first-order valence-electron chi connectivity index (χ1n) is 6.15. The number of methoxy groups -OCH3 is 1. The number of carbonyl (C=O) groups excluding carboxylic acids is 1.